The van der Waals surface area contributed by atoms with Crippen LogP contribution in [-0.2, 0) is 10.5 Å². The molecule has 0 atom stereocenters. The first-order valence-electron chi connectivity index (χ1n) is 7.65. The standard InChI is InChI=1S/C18H19F2NO4S/c1-23-14-5-3-4-13(9-14)21-17(22)11-26-10-12-6-7-15(25-18(19)20)16(8-12)24-2/h3-9,18H,10-11H2,1-2H3,(H,21,22). The molecule has 1 N–H and O–H groups in total. The lowest BCUT2D eigenvalue weighted by atomic mass is 10.2. The van der Waals surface area contributed by atoms with E-state index in [4.69, 9.17) is 9.47 Å². The fraction of sp³-hybridized carbons (Fsp3) is 0.278. The number of anilines is 1. The van der Waals surface area contributed by atoms with E-state index in [2.05, 4.69) is 10.1 Å². The molecule has 26 heavy (non-hydrogen) atoms. The van der Waals surface area contributed by atoms with Gasteiger partial charge in [-0.05, 0) is 29.8 Å². The van der Waals surface area contributed by atoms with E-state index in [9.17, 15) is 13.6 Å². The Morgan fingerprint density at radius 1 is 1.12 bits per heavy atom. The maximum absolute atomic E-state index is 12.3. The molecule has 0 saturated carbocycles. The average molecular weight is 383 g/mol. The van der Waals surface area contributed by atoms with E-state index in [1.165, 1.54) is 24.9 Å². The molecule has 0 radical (unpaired) electrons. The van der Waals surface area contributed by atoms with Crippen LogP contribution in [0.15, 0.2) is 42.5 Å². The highest BCUT2D eigenvalue weighted by atomic mass is 32.2. The van der Waals surface area contributed by atoms with Crippen molar-refractivity contribution >= 4 is 23.4 Å². The minimum atomic E-state index is -2.91. The molecule has 0 unspecified atom stereocenters. The highest BCUT2D eigenvalue weighted by molar-refractivity contribution is 7.99. The number of nitrogens with one attached hydrogen (secondary N) is 1. The Balaban J connectivity index is 1.85. The highest BCUT2D eigenvalue weighted by Crippen LogP contribution is 2.30. The van der Waals surface area contributed by atoms with Crippen LogP contribution >= 0.6 is 11.8 Å². The minimum Gasteiger partial charge on any atom is -0.497 e. The van der Waals surface area contributed by atoms with Gasteiger partial charge in [0.1, 0.15) is 5.75 Å². The largest absolute Gasteiger partial charge is 0.497 e. The van der Waals surface area contributed by atoms with Crippen molar-refractivity contribution in [2.75, 3.05) is 25.3 Å². The van der Waals surface area contributed by atoms with Gasteiger partial charge in [0.15, 0.2) is 11.5 Å². The number of hydrogen-bond donors (Lipinski definition) is 1. The predicted molar refractivity (Wildman–Crippen MR) is 97.4 cm³/mol. The van der Waals surface area contributed by atoms with Gasteiger partial charge in [0.2, 0.25) is 5.91 Å². The molecule has 0 spiro atoms. The molecule has 1 amide bonds. The van der Waals surface area contributed by atoms with E-state index < -0.39 is 6.61 Å². The number of benzene rings is 2. The van der Waals surface area contributed by atoms with Gasteiger partial charge < -0.3 is 19.5 Å². The molecule has 0 fully saturated rings. The summed E-state index contributed by atoms with van der Waals surface area (Å²) in [5.74, 6) is 1.49. The summed E-state index contributed by atoms with van der Waals surface area (Å²) in [4.78, 5) is 12.0. The maximum Gasteiger partial charge on any atom is 0.387 e. The number of thioether (sulfide) groups is 1. The summed E-state index contributed by atoms with van der Waals surface area (Å²) >= 11 is 1.39. The van der Waals surface area contributed by atoms with Gasteiger partial charge in [-0.2, -0.15) is 8.78 Å². The Morgan fingerprint density at radius 2 is 1.92 bits per heavy atom. The highest BCUT2D eigenvalue weighted by Gasteiger charge is 2.11. The van der Waals surface area contributed by atoms with Crippen LogP contribution < -0.4 is 19.5 Å². The second-order valence-electron chi connectivity index (χ2n) is 5.14. The van der Waals surface area contributed by atoms with Gasteiger partial charge in [-0.3, -0.25) is 4.79 Å². The summed E-state index contributed by atoms with van der Waals surface area (Å²) in [5.41, 5.74) is 1.49. The predicted octanol–water partition coefficient (Wildman–Crippen LogP) is 4.18. The number of rotatable bonds is 9. The van der Waals surface area contributed by atoms with Crippen LogP contribution in [0.3, 0.4) is 0 Å². The lowest BCUT2D eigenvalue weighted by Gasteiger charge is -2.11. The van der Waals surface area contributed by atoms with Gasteiger partial charge >= 0.3 is 6.61 Å². The molecular weight excluding hydrogens is 364 g/mol. The fourth-order valence-electron chi connectivity index (χ4n) is 2.15. The second-order valence-corrected chi connectivity index (χ2v) is 6.12. The first-order chi connectivity index (χ1) is 12.5. The summed E-state index contributed by atoms with van der Waals surface area (Å²) in [5, 5.41) is 2.79. The number of amides is 1. The first kappa shape index (κ1) is 19.8. The van der Waals surface area contributed by atoms with Crippen LogP contribution in [0.4, 0.5) is 14.5 Å². The maximum atomic E-state index is 12.3. The lowest BCUT2D eigenvalue weighted by Crippen LogP contribution is -2.14. The molecule has 5 nitrogen and oxygen atoms in total. The van der Waals surface area contributed by atoms with Crippen LogP contribution in [0.5, 0.6) is 17.2 Å². The fourth-order valence-corrected chi connectivity index (χ4v) is 2.93. The van der Waals surface area contributed by atoms with E-state index in [0.717, 1.165) is 5.56 Å². The van der Waals surface area contributed by atoms with Crippen molar-refractivity contribution in [3.63, 3.8) is 0 Å². The van der Waals surface area contributed by atoms with Crippen molar-refractivity contribution in [1.82, 2.24) is 0 Å². The van der Waals surface area contributed by atoms with Crippen molar-refractivity contribution in [2.45, 2.75) is 12.4 Å². The summed E-state index contributed by atoms with van der Waals surface area (Å²) in [6, 6.07) is 11.8. The summed E-state index contributed by atoms with van der Waals surface area (Å²) in [7, 11) is 2.94. The molecule has 8 heteroatoms. The number of methoxy groups -OCH3 is 2. The Hall–Kier alpha value is -2.48. The molecule has 2 aromatic carbocycles. The summed E-state index contributed by atoms with van der Waals surface area (Å²) < 4.78 is 39.2. The molecule has 2 aromatic rings. The van der Waals surface area contributed by atoms with E-state index in [1.807, 2.05) is 0 Å². The van der Waals surface area contributed by atoms with Gasteiger partial charge in [-0.15, -0.1) is 11.8 Å². The Bertz CT molecular complexity index is 743. The number of carbonyl (C=O) groups is 1. The molecule has 0 aliphatic rings. The van der Waals surface area contributed by atoms with Crippen molar-refractivity contribution in [1.29, 1.82) is 0 Å². The molecule has 140 valence electrons. The SMILES string of the molecule is COc1cccc(NC(=O)CSCc2ccc(OC(F)F)c(OC)c2)c1. The topological polar surface area (TPSA) is 56.8 Å². The zero-order chi connectivity index (χ0) is 18.9. The van der Waals surface area contributed by atoms with Gasteiger partial charge in [-0.25, -0.2) is 0 Å². The Labute approximate surface area is 154 Å². The zero-order valence-corrected chi connectivity index (χ0v) is 15.1. The van der Waals surface area contributed by atoms with Crippen LogP contribution in [0.25, 0.3) is 0 Å². The summed E-state index contributed by atoms with van der Waals surface area (Å²) in [6.45, 7) is -2.91. The Morgan fingerprint density at radius 3 is 2.62 bits per heavy atom. The van der Waals surface area contributed by atoms with Crippen molar-refractivity contribution in [3.05, 3.63) is 48.0 Å². The monoisotopic (exact) mass is 383 g/mol. The second kappa shape index (κ2) is 9.86. The minimum absolute atomic E-state index is 0.0213. The van der Waals surface area contributed by atoms with Crippen molar-refractivity contribution in [3.8, 4) is 17.2 Å². The van der Waals surface area contributed by atoms with Gasteiger partial charge in [0.05, 0.1) is 20.0 Å². The van der Waals surface area contributed by atoms with E-state index in [-0.39, 0.29) is 23.2 Å². The van der Waals surface area contributed by atoms with Crippen LogP contribution in [0, 0.1) is 0 Å². The molecule has 0 aliphatic carbocycles. The van der Waals surface area contributed by atoms with Gasteiger partial charge in [0.25, 0.3) is 0 Å². The van der Waals surface area contributed by atoms with Gasteiger partial charge in [0, 0.05) is 17.5 Å². The van der Waals surface area contributed by atoms with Crippen molar-refractivity contribution in [2.24, 2.45) is 0 Å². The number of ether oxygens (including phenoxy) is 3. The van der Waals surface area contributed by atoms with Crippen LogP contribution in [0.2, 0.25) is 0 Å². The molecular formula is C18H19F2NO4S. The number of hydrogen-bond acceptors (Lipinski definition) is 5. The smallest absolute Gasteiger partial charge is 0.387 e. The molecule has 0 heterocycles. The third kappa shape index (κ3) is 6.11. The zero-order valence-electron chi connectivity index (χ0n) is 14.3. The molecule has 0 aliphatic heterocycles. The Kier molecular flexibility index (Phi) is 7.53. The normalized spacial score (nSPS) is 10.5. The average Bonchev–Trinajstić information content (AvgIpc) is 2.62. The number of halogens is 2. The summed E-state index contributed by atoms with van der Waals surface area (Å²) in [6.07, 6.45) is 0. The molecule has 0 bridgehead atoms. The third-order valence-corrected chi connectivity index (χ3v) is 4.30. The third-order valence-electron chi connectivity index (χ3n) is 3.30. The van der Waals surface area contributed by atoms with Crippen LogP contribution in [0.1, 0.15) is 5.56 Å². The van der Waals surface area contributed by atoms with E-state index >= 15 is 0 Å². The molecule has 2 rings (SSSR count). The van der Waals surface area contributed by atoms with Crippen molar-refractivity contribution < 1.29 is 27.8 Å². The lowest BCUT2D eigenvalue weighted by molar-refractivity contribution is -0.113. The van der Waals surface area contributed by atoms with E-state index in [0.29, 0.717) is 17.2 Å². The number of carbonyl (C=O) groups excluding carboxylic acids is 1. The quantitative estimate of drug-likeness (QED) is 0.704. The van der Waals surface area contributed by atoms with E-state index in [1.54, 1.807) is 43.5 Å². The van der Waals surface area contributed by atoms with Crippen LogP contribution in [-0.4, -0.2) is 32.5 Å². The number of alkyl halides is 2. The molecule has 0 aromatic heterocycles. The first-order valence-corrected chi connectivity index (χ1v) is 8.80. The molecule has 0 saturated heterocycles. The van der Waals surface area contributed by atoms with Gasteiger partial charge in [-0.1, -0.05) is 12.1 Å².